The van der Waals surface area contributed by atoms with E-state index >= 15 is 0 Å². The molecule has 1 aromatic rings. The largest absolute Gasteiger partial charge is 0.469 e. The maximum Gasteiger partial charge on any atom is 0.313 e. The van der Waals surface area contributed by atoms with Gasteiger partial charge in [-0.05, 0) is 31.5 Å². The lowest BCUT2D eigenvalue weighted by atomic mass is 9.68. The van der Waals surface area contributed by atoms with E-state index in [1.165, 1.54) is 12.7 Å². The molecule has 0 radical (unpaired) electrons. The van der Waals surface area contributed by atoms with E-state index in [4.69, 9.17) is 4.74 Å². The van der Waals surface area contributed by atoms with Gasteiger partial charge >= 0.3 is 5.97 Å². The summed E-state index contributed by atoms with van der Waals surface area (Å²) >= 11 is 3.56. The van der Waals surface area contributed by atoms with Crippen LogP contribution in [0.2, 0.25) is 0 Å². The van der Waals surface area contributed by atoms with Crippen LogP contribution >= 0.6 is 15.9 Å². The van der Waals surface area contributed by atoms with Crippen molar-refractivity contribution in [2.24, 2.45) is 5.41 Å². The molecule has 0 amide bonds. The smallest absolute Gasteiger partial charge is 0.313 e. The van der Waals surface area contributed by atoms with E-state index in [0.29, 0.717) is 0 Å². The zero-order chi connectivity index (χ0) is 13.9. The number of carbonyl (C=O) groups excluding carboxylic acids is 1. The summed E-state index contributed by atoms with van der Waals surface area (Å²) in [6.45, 7) is 1.60. The van der Waals surface area contributed by atoms with E-state index in [-0.39, 0.29) is 11.4 Å². The lowest BCUT2D eigenvalue weighted by Gasteiger charge is -2.41. The number of ether oxygens (including phenoxy) is 1. The van der Waals surface area contributed by atoms with Gasteiger partial charge < -0.3 is 9.64 Å². The fraction of sp³-hybridized carbons (Fsp3) is 0.533. The minimum atomic E-state index is -0.273. The number of esters is 1. The highest BCUT2D eigenvalue weighted by Crippen LogP contribution is 2.42. The van der Waals surface area contributed by atoms with Crippen LogP contribution in [0.4, 0.5) is 0 Å². The van der Waals surface area contributed by atoms with Gasteiger partial charge in [0.1, 0.15) is 0 Å². The second-order valence-corrected chi connectivity index (χ2v) is 6.24. The first-order valence-electron chi connectivity index (χ1n) is 6.58. The van der Waals surface area contributed by atoms with Gasteiger partial charge in [-0.25, -0.2) is 0 Å². The Kier molecular flexibility index (Phi) is 4.63. The molecule has 0 aromatic heterocycles. The van der Waals surface area contributed by atoms with Crippen molar-refractivity contribution >= 4 is 21.9 Å². The fourth-order valence-corrected chi connectivity index (χ4v) is 3.15. The molecule has 0 aliphatic heterocycles. The van der Waals surface area contributed by atoms with Gasteiger partial charge in [0.25, 0.3) is 0 Å². The molecule has 0 heterocycles. The van der Waals surface area contributed by atoms with E-state index < -0.39 is 0 Å². The van der Waals surface area contributed by atoms with Gasteiger partial charge in [0.2, 0.25) is 0 Å². The molecule has 1 aliphatic carbocycles. The molecule has 0 saturated heterocycles. The van der Waals surface area contributed by atoms with Crippen molar-refractivity contribution in [3.8, 4) is 0 Å². The molecular weight excluding hydrogens is 306 g/mol. The number of rotatable bonds is 5. The van der Waals surface area contributed by atoms with Crippen molar-refractivity contribution in [1.29, 1.82) is 0 Å². The average molecular weight is 326 g/mol. The molecule has 1 fully saturated rings. The highest BCUT2D eigenvalue weighted by molar-refractivity contribution is 9.10. The number of hydrogen-bond acceptors (Lipinski definition) is 3. The van der Waals surface area contributed by atoms with Crippen LogP contribution in [0.1, 0.15) is 24.8 Å². The Morgan fingerprint density at radius 3 is 2.63 bits per heavy atom. The minimum absolute atomic E-state index is 0.0577. The summed E-state index contributed by atoms with van der Waals surface area (Å²) in [6, 6.07) is 8.19. The third-order valence-corrected chi connectivity index (χ3v) is 4.67. The van der Waals surface area contributed by atoms with Crippen LogP contribution in [-0.4, -0.2) is 31.6 Å². The molecule has 3 nitrogen and oxygen atoms in total. The third-order valence-electron chi connectivity index (χ3n) is 3.90. The number of hydrogen-bond donors (Lipinski definition) is 0. The van der Waals surface area contributed by atoms with Crippen LogP contribution in [0.5, 0.6) is 0 Å². The Hall–Kier alpha value is -0.870. The average Bonchev–Trinajstić information content (AvgIpc) is 2.36. The van der Waals surface area contributed by atoms with Gasteiger partial charge in [0.15, 0.2) is 0 Å². The summed E-state index contributed by atoms with van der Waals surface area (Å²) in [6.07, 6.45) is 3.01. The number of nitrogens with zero attached hydrogens (tertiary/aromatic N) is 1. The van der Waals surface area contributed by atoms with Crippen molar-refractivity contribution in [2.75, 3.05) is 20.7 Å². The first kappa shape index (κ1) is 14.5. The molecule has 104 valence electrons. The second kappa shape index (κ2) is 6.06. The first-order valence-corrected chi connectivity index (χ1v) is 7.37. The van der Waals surface area contributed by atoms with Crippen LogP contribution in [0.25, 0.3) is 0 Å². The molecule has 0 bridgehead atoms. The Bertz CT molecular complexity index is 457. The molecule has 0 unspecified atom stereocenters. The number of halogens is 1. The van der Waals surface area contributed by atoms with Crippen LogP contribution in [0, 0.1) is 5.41 Å². The molecule has 1 aliphatic rings. The van der Waals surface area contributed by atoms with Gasteiger partial charge in [-0.15, -0.1) is 0 Å². The molecule has 19 heavy (non-hydrogen) atoms. The van der Waals surface area contributed by atoms with Crippen molar-refractivity contribution in [3.63, 3.8) is 0 Å². The maximum absolute atomic E-state index is 11.9. The van der Waals surface area contributed by atoms with E-state index in [2.05, 4.69) is 33.9 Å². The molecule has 4 heteroatoms. The Labute approximate surface area is 123 Å². The van der Waals surface area contributed by atoms with E-state index in [0.717, 1.165) is 36.8 Å². The monoisotopic (exact) mass is 325 g/mol. The van der Waals surface area contributed by atoms with E-state index in [1.54, 1.807) is 0 Å². The number of methoxy groups -OCH3 is 1. The summed E-state index contributed by atoms with van der Waals surface area (Å²) < 4.78 is 6.07. The van der Waals surface area contributed by atoms with Gasteiger partial charge in [-0.3, -0.25) is 4.79 Å². The Morgan fingerprint density at radius 2 is 2.11 bits per heavy atom. The lowest BCUT2D eigenvalue weighted by Crippen LogP contribution is -2.47. The third kappa shape index (κ3) is 3.18. The SMILES string of the molecule is COC(=O)C1(CN(C)Cc2ccccc2Br)CCC1. The standard InChI is InChI=1S/C15H20BrNO2/c1-17(10-12-6-3-4-7-13(12)16)11-15(8-5-9-15)14(18)19-2/h3-4,6-7H,5,8-11H2,1-2H3. The van der Waals surface area contributed by atoms with E-state index in [1.807, 2.05) is 18.2 Å². The van der Waals surface area contributed by atoms with Gasteiger partial charge in [-0.1, -0.05) is 40.5 Å². The lowest BCUT2D eigenvalue weighted by molar-refractivity contribution is -0.160. The molecule has 0 N–H and O–H groups in total. The number of benzene rings is 1. The predicted octanol–water partition coefficient (Wildman–Crippen LogP) is 3.22. The fourth-order valence-electron chi connectivity index (χ4n) is 2.74. The van der Waals surface area contributed by atoms with E-state index in [9.17, 15) is 4.79 Å². The summed E-state index contributed by atoms with van der Waals surface area (Å²) in [4.78, 5) is 14.1. The van der Waals surface area contributed by atoms with Gasteiger partial charge in [0.05, 0.1) is 12.5 Å². The highest BCUT2D eigenvalue weighted by atomic mass is 79.9. The zero-order valence-electron chi connectivity index (χ0n) is 11.5. The summed E-state index contributed by atoms with van der Waals surface area (Å²) in [5.41, 5.74) is 0.967. The van der Waals surface area contributed by atoms with Crippen LogP contribution in [0.15, 0.2) is 28.7 Å². The van der Waals surface area contributed by atoms with Gasteiger partial charge in [-0.2, -0.15) is 0 Å². The summed E-state index contributed by atoms with van der Waals surface area (Å²) in [5.74, 6) is -0.0577. The molecule has 1 aromatic carbocycles. The van der Waals surface area contributed by atoms with Crippen molar-refractivity contribution in [2.45, 2.75) is 25.8 Å². The van der Waals surface area contributed by atoms with Crippen molar-refractivity contribution < 1.29 is 9.53 Å². The topological polar surface area (TPSA) is 29.5 Å². The van der Waals surface area contributed by atoms with Crippen LogP contribution < -0.4 is 0 Å². The molecule has 2 rings (SSSR count). The highest BCUT2D eigenvalue weighted by Gasteiger charge is 2.45. The van der Waals surface area contributed by atoms with Crippen LogP contribution in [0.3, 0.4) is 0 Å². The minimum Gasteiger partial charge on any atom is -0.469 e. The predicted molar refractivity (Wildman–Crippen MR) is 78.8 cm³/mol. The zero-order valence-corrected chi connectivity index (χ0v) is 13.1. The molecular formula is C15H20BrNO2. The van der Waals surface area contributed by atoms with Crippen molar-refractivity contribution in [1.82, 2.24) is 4.90 Å². The number of carbonyl (C=O) groups is 1. The first-order chi connectivity index (χ1) is 9.07. The van der Waals surface area contributed by atoms with Crippen molar-refractivity contribution in [3.05, 3.63) is 34.3 Å². The summed E-state index contributed by atoms with van der Waals surface area (Å²) in [7, 11) is 3.54. The van der Waals surface area contributed by atoms with Gasteiger partial charge in [0, 0.05) is 17.6 Å². The van der Waals surface area contributed by atoms with Crippen LogP contribution in [-0.2, 0) is 16.1 Å². The Morgan fingerprint density at radius 1 is 1.42 bits per heavy atom. The molecule has 0 atom stereocenters. The second-order valence-electron chi connectivity index (χ2n) is 5.39. The summed E-state index contributed by atoms with van der Waals surface area (Å²) in [5, 5.41) is 0. The quantitative estimate of drug-likeness (QED) is 0.778. The molecule has 0 spiro atoms. The Balaban J connectivity index is 1.99. The molecule has 1 saturated carbocycles. The normalized spacial score (nSPS) is 17.1. The maximum atomic E-state index is 11.9.